The lowest BCUT2D eigenvalue weighted by Gasteiger charge is -2.11. The number of nitrogens with one attached hydrogen (secondary N) is 2. The van der Waals surface area contributed by atoms with E-state index in [4.69, 9.17) is 0 Å². The van der Waals surface area contributed by atoms with E-state index in [1.54, 1.807) is 24.3 Å². The average Bonchev–Trinajstić information content (AvgIpc) is 2.58. The third kappa shape index (κ3) is 4.34. The summed E-state index contributed by atoms with van der Waals surface area (Å²) in [5.41, 5.74) is 2.11. The van der Waals surface area contributed by atoms with Gasteiger partial charge in [-0.1, -0.05) is 42.5 Å². The fourth-order valence-corrected chi connectivity index (χ4v) is 1.95. The van der Waals surface area contributed by atoms with Gasteiger partial charge in [-0.2, -0.15) is 0 Å². The van der Waals surface area contributed by atoms with Crippen LogP contribution in [0, 0.1) is 0 Å². The number of anilines is 1. The number of rotatable bonds is 6. The third-order valence-electron chi connectivity index (χ3n) is 3.12. The first kappa shape index (κ1) is 15.6. The second-order valence-corrected chi connectivity index (χ2v) is 4.64. The molecule has 2 rings (SSSR count). The molecule has 2 aromatic carbocycles. The third-order valence-corrected chi connectivity index (χ3v) is 3.12. The van der Waals surface area contributed by atoms with E-state index in [1.165, 1.54) is 7.11 Å². The molecule has 0 aromatic heterocycles. The molecule has 0 radical (unpaired) electrons. The van der Waals surface area contributed by atoms with Crippen molar-refractivity contribution in [3.63, 3.8) is 0 Å². The van der Waals surface area contributed by atoms with Crippen LogP contribution in [-0.2, 0) is 16.1 Å². The van der Waals surface area contributed by atoms with Crippen molar-refractivity contribution in [2.75, 3.05) is 19.0 Å². The minimum Gasteiger partial charge on any atom is -0.468 e. The van der Waals surface area contributed by atoms with E-state index in [0.29, 0.717) is 17.8 Å². The number of esters is 1. The van der Waals surface area contributed by atoms with E-state index in [2.05, 4.69) is 15.4 Å². The average molecular weight is 298 g/mol. The highest BCUT2D eigenvalue weighted by Crippen LogP contribution is 2.15. The van der Waals surface area contributed by atoms with E-state index in [9.17, 15) is 9.59 Å². The number of hydrogen-bond acceptors (Lipinski definition) is 4. The van der Waals surface area contributed by atoms with Crippen LogP contribution in [0.4, 0.5) is 5.69 Å². The molecule has 114 valence electrons. The maximum Gasteiger partial charge on any atom is 0.325 e. The molecule has 1 amide bonds. The summed E-state index contributed by atoms with van der Waals surface area (Å²) in [5.74, 6) is -0.587. The zero-order valence-electron chi connectivity index (χ0n) is 12.3. The number of amides is 1. The minimum atomic E-state index is -0.389. The predicted octanol–water partition coefficient (Wildman–Crippen LogP) is 2.20. The topological polar surface area (TPSA) is 67.4 Å². The zero-order chi connectivity index (χ0) is 15.8. The normalized spacial score (nSPS) is 9.86. The van der Waals surface area contributed by atoms with Crippen molar-refractivity contribution < 1.29 is 14.3 Å². The second-order valence-electron chi connectivity index (χ2n) is 4.64. The van der Waals surface area contributed by atoms with Crippen LogP contribution < -0.4 is 10.6 Å². The molecule has 0 unspecified atom stereocenters. The molecule has 0 atom stereocenters. The Balaban J connectivity index is 2.01. The second kappa shape index (κ2) is 7.83. The van der Waals surface area contributed by atoms with Crippen LogP contribution >= 0.6 is 0 Å². The molecule has 0 heterocycles. The molecule has 0 aliphatic heterocycles. The molecule has 0 bridgehead atoms. The Kier molecular flexibility index (Phi) is 5.54. The van der Waals surface area contributed by atoms with E-state index in [0.717, 1.165) is 5.56 Å². The summed E-state index contributed by atoms with van der Waals surface area (Å²) in [4.78, 5) is 23.5. The Morgan fingerprint density at radius 1 is 1.00 bits per heavy atom. The lowest BCUT2D eigenvalue weighted by Crippen LogP contribution is -2.24. The van der Waals surface area contributed by atoms with Crippen molar-refractivity contribution in [3.8, 4) is 0 Å². The van der Waals surface area contributed by atoms with Gasteiger partial charge in [-0.15, -0.1) is 0 Å². The molecule has 5 nitrogen and oxygen atoms in total. The highest BCUT2D eigenvalue weighted by molar-refractivity contribution is 5.99. The molecular weight excluding hydrogens is 280 g/mol. The Morgan fingerprint density at radius 2 is 1.68 bits per heavy atom. The van der Waals surface area contributed by atoms with E-state index < -0.39 is 0 Å². The molecule has 0 aliphatic carbocycles. The van der Waals surface area contributed by atoms with Gasteiger partial charge in [0.2, 0.25) is 0 Å². The largest absolute Gasteiger partial charge is 0.468 e. The zero-order valence-corrected chi connectivity index (χ0v) is 12.3. The lowest BCUT2D eigenvalue weighted by atomic mass is 10.1. The van der Waals surface area contributed by atoms with Gasteiger partial charge >= 0.3 is 5.97 Å². The Labute approximate surface area is 129 Å². The van der Waals surface area contributed by atoms with Crippen molar-refractivity contribution >= 4 is 17.6 Å². The number of methoxy groups -OCH3 is 1. The van der Waals surface area contributed by atoms with Crippen molar-refractivity contribution in [2.24, 2.45) is 0 Å². The summed E-state index contributed by atoms with van der Waals surface area (Å²) in [7, 11) is 1.32. The lowest BCUT2D eigenvalue weighted by molar-refractivity contribution is -0.138. The van der Waals surface area contributed by atoms with E-state index >= 15 is 0 Å². The number of benzene rings is 2. The summed E-state index contributed by atoms with van der Waals surface area (Å²) in [5, 5.41) is 5.77. The van der Waals surface area contributed by atoms with E-state index in [-0.39, 0.29) is 18.4 Å². The van der Waals surface area contributed by atoms with Crippen LogP contribution in [0.2, 0.25) is 0 Å². The first-order valence-electron chi connectivity index (χ1n) is 6.92. The monoisotopic (exact) mass is 298 g/mol. The smallest absolute Gasteiger partial charge is 0.325 e. The van der Waals surface area contributed by atoms with Gasteiger partial charge in [0, 0.05) is 12.2 Å². The molecule has 22 heavy (non-hydrogen) atoms. The van der Waals surface area contributed by atoms with Gasteiger partial charge in [0.25, 0.3) is 5.91 Å². The summed E-state index contributed by atoms with van der Waals surface area (Å²) in [6, 6.07) is 16.7. The summed E-state index contributed by atoms with van der Waals surface area (Å²) in [6.45, 7) is 0.463. The Morgan fingerprint density at radius 3 is 2.41 bits per heavy atom. The van der Waals surface area contributed by atoms with Crippen LogP contribution in [0.3, 0.4) is 0 Å². The fraction of sp³-hybridized carbons (Fsp3) is 0.176. The number of para-hydroxylation sites is 1. The van der Waals surface area contributed by atoms with Crippen LogP contribution in [0.25, 0.3) is 0 Å². The molecule has 0 spiro atoms. The molecular formula is C17H18N2O3. The first-order chi connectivity index (χ1) is 10.7. The minimum absolute atomic E-state index is 0.0134. The fourth-order valence-electron chi connectivity index (χ4n) is 1.95. The molecule has 2 N–H and O–H groups in total. The molecule has 0 aliphatic rings. The van der Waals surface area contributed by atoms with Crippen LogP contribution in [0.5, 0.6) is 0 Å². The molecule has 0 fully saturated rings. The number of ether oxygens (including phenoxy) is 1. The van der Waals surface area contributed by atoms with Crippen LogP contribution in [-0.4, -0.2) is 25.5 Å². The van der Waals surface area contributed by atoms with Gasteiger partial charge in [-0.3, -0.25) is 9.59 Å². The highest BCUT2D eigenvalue weighted by atomic mass is 16.5. The van der Waals surface area contributed by atoms with Gasteiger partial charge in [-0.05, 0) is 17.7 Å². The SMILES string of the molecule is COC(=O)CNc1ccccc1C(=O)NCc1ccccc1. The van der Waals surface area contributed by atoms with E-state index in [1.807, 2.05) is 30.3 Å². The molecule has 0 saturated carbocycles. The van der Waals surface area contributed by atoms with Crippen molar-refractivity contribution in [2.45, 2.75) is 6.54 Å². The van der Waals surface area contributed by atoms with Crippen molar-refractivity contribution in [3.05, 3.63) is 65.7 Å². The van der Waals surface area contributed by atoms with Gasteiger partial charge in [0.05, 0.1) is 12.7 Å². The standard InChI is InChI=1S/C17H18N2O3/c1-22-16(20)12-18-15-10-6-5-9-14(15)17(21)19-11-13-7-3-2-4-8-13/h2-10,18H,11-12H2,1H3,(H,19,21). The molecule has 2 aromatic rings. The van der Waals surface area contributed by atoms with Gasteiger partial charge in [0.15, 0.2) is 0 Å². The first-order valence-corrected chi connectivity index (χ1v) is 6.92. The molecule has 0 saturated heterocycles. The van der Waals surface area contributed by atoms with Crippen molar-refractivity contribution in [1.82, 2.24) is 5.32 Å². The van der Waals surface area contributed by atoms with Gasteiger partial charge in [0.1, 0.15) is 6.54 Å². The summed E-state index contributed by atoms with van der Waals surface area (Å²) in [6.07, 6.45) is 0. The Bertz CT molecular complexity index is 641. The van der Waals surface area contributed by atoms with Crippen LogP contribution in [0.1, 0.15) is 15.9 Å². The maximum absolute atomic E-state index is 12.3. The van der Waals surface area contributed by atoms with Crippen molar-refractivity contribution in [1.29, 1.82) is 0 Å². The maximum atomic E-state index is 12.3. The number of carbonyl (C=O) groups excluding carboxylic acids is 2. The number of carbonyl (C=O) groups is 2. The van der Waals surface area contributed by atoms with Crippen LogP contribution in [0.15, 0.2) is 54.6 Å². The summed E-state index contributed by atoms with van der Waals surface area (Å²) < 4.78 is 4.58. The number of hydrogen-bond donors (Lipinski definition) is 2. The summed E-state index contributed by atoms with van der Waals surface area (Å²) >= 11 is 0. The van der Waals surface area contributed by atoms with Gasteiger partial charge in [-0.25, -0.2) is 0 Å². The molecule has 5 heteroatoms. The Hall–Kier alpha value is -2.82. The quantitative estimate of drug-likeness (QED) is 0.802. The van der Waals surface area contributed by atoms with Gasteiger partial charge < -0.3 is 15.4 Å². The predicted molar refractivity (Wildman–Crippen MR) is 84.6 cm³/mol. The highest BCUT2D eigenvalue weighted by Gasteiger charge is 2.11.